The highest BCUT2D eigenvalue weighted by Crippen LogP contribution is 1.94. The zero-order valence-electron chi connectivity index (χ0n) is 5.73. The fourth-order valence-electron chi connectivity index (χ4n) is 0.596. The predicted octanol–water partition coefficient (Wildman–Crippen LogP) is -0.970. The highest BCUT2D eigenvalue weighted by molar-refractivity contribution is 7.89. The Morgan fingerprint density at radius 1 is 1.55 bits per heavy atom. The van der Waals surface area contributed by atoms with Crippen LogP contribution in [0.3, 0.4) is 0 Å². The molecule has 0 aromatic heterocycles. The predicted molar refractivity (Wildman–Crippen MR) is 39.6 cm³/mol. The van der Waals surface area contributed by atoms with Crippen LogP contribution in [0.2, 0.25) is 0 Å². The number of carbonyl (C=O) groups is 1. The van der Waals surface area contributed by atoms with Gasteiger partial charge in [0, 0.05) is 6.20 Å². The third-order valence-electron chi connectivity index (χ3n) is 0.952. The van der Waals surface area contributed by atoms with Crippen molar-refractivity contribution in [3.8, 4) is 0 Å². The van der Waals surface area contributed by atoms with Crippen LogP contribution in [-0.2, 0) is 14.8 Å². The van der Waals surface area contributed by atoms with Crippen LogP contribution in [0.5, 0.6) is 0 Å². The van der Waals surface area contributed by atoms with Crippen molar-refractivity contribution in [3.63, 3.8) is 0 Å². The molecule has 1 heterocycles. The molecule has 1 N–H and O–H groups in total. The Balaban J connectivity index is 3.01. The number of hydrogen-bond donors (Lipinski definition) is 1. The third-order valence-corrected chi connectivity index (χ3v) is 1.48. The number of carbonyl (C=O) groups excluding carboxylic acids is 1. The van der Waals surface area contributed by atoms with Crippen LogP contribution in [0, 0.1) is 0 Å². The van der Waals surface area contributed by atoms with Crippen molar-refractivity contribution in [2.75, 3.05) is 6.26 Å². The fraction of sp³-hybridized carbons (Fsp3) is 0.200. The summed E-state index contributed by atoms with van der Waals surface area (Å²) >= 11 is 0. The first-order valence-electron chi connectivity index (χ1n) is 2.76. The summed E-state index contributed by atoms with van der Waals surface area (Å²) in [7, 11) is -3.46. The van der Waals surface area contributed by atoms with E-state index in [4.69, 9.17) is 0 Å². The van der Waals surface area contributed by atoms with Crippen molar-refractivity contribution < 1.29 is 13.2 Å². The topological polar surface area (TPSA) is 75.6 Å². The van der Waals surface area contributed by atoms with Crippen LogP contribution < -0.4 is 5.32 Å². The average Bonchev–Trinajstić information content (AvgIpc) is 2.12. The second-order valence-corrected chi connectivity index (χ2v) is 3.66. The molecule has 1 rings (SSSR count). The molecule has 0 aromatic carbocycles. The number of nitrogens with one attached hydrogen (secondary N) is 1. The number of rotatable bonds is 1. The fourth-order valence-corrected chi connectivity index (χ4v) is 1.10. The van der Waals surface area contributed by atoms with Gasteiger partial charge >= 0.3 is 0 Å². The molecule has 1 aliphatic rings. The Labute approximate surface area is 63.9 Å². The number of amides is 1. The van der Waals surface area contributed by atoms with E-state index in [9.17, 15) is 13.2 Å². The lowest BCUT2D eigenvalue weighted by Crippen LogP contribution is -2.19. The molecule has 0 saturated heterocycles. The van der Waals surface area contributed by atoms with Crippen LogP contribution in [0.25, 0.3) is 0 Å². The molecular formula is C5H6N2O3S. The van der Waals surface area contributed by atoms with E-state index in [0.717, 1.165) is 6.26 Å². The minimum Gasteiger partial charge on any atom is -0.327 e. The van der Waals surface area contributed by atoms with E-state index in [1.54, 1.807) is 0 Å². The second kappa shape index (κ2) is 2.46. The SMILES string of the molecule is CS(=O)(=O)N=C1C=CNC1=O. The Hall–Kier alpha value is -1.17. The number of hydrogen-bond acceptors (Lipinski definition) is 3. The lowest BCUT2D eigenvalue weighted by atomic mass is 10.4. The summed E-state index contributed by atoms with van der Waals surface area (Å²) in [4.78, 5) is 10.7. The van der Waals surface area contributed by atoms with Crippen molar-refractivity contribution in [3.05, 3.63) is 12.3 Å². The molecule has 60 valence electrons. The van der Waals surface area contributed by atoms with Gasteiger partial charge in [0.25, 0.3) is 15.9 Å². The summed E-state index contributed by atoms with van der Waals surface area (Å²) in [5.74, 6) is -0.490. The summed E-state index contributed by atoms with van der Waals surface area (Å²) in [6.45, 7) is 0. The maximum Gasteiger partial charge on any atom is 0.274 e. The molecule has 6 heteroatoms. The van der Waals surface area contributed by atoms with Gasteiger partial charge in [0.2, 0.25) is 0 Å². The first-order chi connectivity index (χ1) is 4.99. The number of sulfonamides is 1. The normalized spacial score (nSPS) is 20.8. The molecule has 0 fully saturated rings. The van der Waals surface area contributed by atoms with Crippen LogP contribution in [0.4, 0.5) is 0 Å². The highest BCUT2D eigenvalue weighted by Gasteiger charge is 2.14. The van der Waals surface area contributed by atoms with Gasteiger partial charge in [-0.3, -0.25) is 4.79 Å². The number of nitrogens with zero attached hydrogens (tertiary/aromatic N) is 1. The molecule has 0 saturated carbocycles. The summed E-state index contributed by atoms with van der Waals surface area (Å²) in [6, 6.07) is 0. The highest BCUT2D eigenvalue weighted by atomic mass is 32.2. The molecule has 0 bridgehead atoms. The van der Waals surface area contributed by atoms with E-state index in [0.29, 0.717) is 0 Å². The van der Waals surface area contributed by atoms with Crippen LogP contribution >= 0.6 is 0 Å². The van der Waals surface area contributed by atoms with Gasteiger partial charge in [-0.1, -0.05) is 0 Å². The first kappa shape index (κ1) is 7.93. The monoisotopic (exact) mass is 174 g/mol. The molecule has 11 heavy (non-hydrogen) atoms. The summed E-state index contributed by atoms with van der Waals surface area (Å²) < 4.78 is 24.2. The van der Waals surface area contributed by atoms with E-state index < -0.39 is 15.9 Å². The van der Waals surface area contributed by atoms with Gasteiger partial charge in [0.05, 0.1) is 6.26 Å². The minimum absolute atomic E-state index is 0.0764. The average molecular weight is 174 g/mol. The molecule has 1 aliphatic heterocycles. The smallest absolute Gasteiger partial charge is 0.274 e. The zero-order chi connectivity index (χ0) is 8.48. The Kier molecular flexibility index (Phi) is 1.77. The standard InChI is InChI=1S/C5H6N2O3S/c1-11(9,10)7-4-2-3-6-5(4)8/h2-3H,1H3,(H,6,7,8). The molecule has 0 radical (unpaired) electrons. The molecule has 5 nitrogen and oxygen atoms in total. The van der Waals surface area contributed by atoms with E-state index in [-0.39, 0.29) is 5.71 Å². The Bertz CT molecular complexity index is 339. The molecule has 0 atom stereocenters. The lowest BCUT2D eigenvalue weighted by Gasteiger charge is -1.89. The largest absolute Gasteiger partial charge is 0.327 e. The maximum atomic E-state index is 10.7. The van der Waals surface area contributed by atoms with Crippen molar-refractivity contribution in [2.24, 2.45) is 4.40 Å². The summed E-state index contributed by atoms with van der Waals surface area (Å²) in [6.07, 6.45) is 3.58. The van der Waals surface area contributed by atoms with Crippen LogP contribution in [0.15, 0.2) is 16.7 Å². The Morgan fingerprint density at radius 3 is 2.55 bits per heavy atom. The van der Waals surface area contributed by atoms with Crippen molar-refractivity contribution in [1.29, 1.82) is 0 Å². The van der Waals surface area contributed by atoms with Crippen molar-refractivity contribution in [2.45, 2.75) is 0 Å². The van der Waals surface area contributed by atoms with Gasteiger partial charge in [0.15, 0.2) is 0 Å². The maximum absolute atomic E-state index is 10.7. The third kappa shape index (κ3) is 2.15. The molecule has 0 spiro atoms. The van der Waals surface area contributed by atoms with Gasteiger partial charge in [-0.2, -0.15) is 4.40 Å². The minimum atomic E-state index is -3.46. The van der Waals surface area contributed by atoms with Gasteiger partial charge in [-0.05, 0) is 6.08 Å². The van der Waals surface area contributed by atoms with Gasteiger partial charge < -0.3 is 5.32 Å². The van der Waals surface area contributed by atoms with Crippen molar-refractivity contribution in [1.82, 2.24) is 5.32 Å². The summed E-state index contributed by atoms with van der Waals surface area (Å²) in [5, 5.41) is 2.28. The summed E-state index contributed by atoms with van der Waals surface area (Å²) in [5.41, 5.74) is -0.0764. The molecule has 0 aromatic rings. The molecule has 0 aliphatic carbocycles. The molecular weight excluding hydrogens is 168 g/mol. The van der Waals surface area contributed by atoms with Crippen molar-refractivity contribution >= 4 is 21.6 Å². The lowest BCUT2D eigenvalue weighted by molar-refractivity contribution is -0.113. The van der Waals surface area contributed by atoms with Crippen LogP contribution in [-0.4, -0.2) is 26.3 Å². The zero-order valence-corrected chi connectivity index (χ0v) is 6.55. The van der Waals surface area contributed by atoms with Gasteiger partial charge in [-0.25, -0.2) is 8.42 Å². The van der Waals surface area contributed by atoms with Crippen LogP contribution in [0.1, 0.15) is 0 Å². The second-order valence-electron chi connectivity index (χ2n) is 2.02. The first-order valence-corrected chi connectivity index (χ1v) is 4.61. The quantitative estimate of drug-likeness (QED) is 0.555. The Morgan fingerprint density at radius 2 is 2.18 bits per heavy atom. The molecule has 1 amide bonds. The van der Waals surface area contributed by atoms with E-state index >= 15 is 0 Å². The van der Waals surface area contributed by atoms with E-state index in [2.05, 4.69) is 9.71 Å². The van der Waals surface area contributed by atoms with Gasteiger partial charge in [-0.15, -0.1) is 0 Å². The van der Waals surface area contributed by atoms with Gasteiger partial charge in [0.1, 0.15) is 5.71 Å². The van der Waals surface area contributed by atoms with E-state index in [1.807, 2.05) is 0 Å². The molecule has 0 unspecified atom stereocenters. The van der Waals surface area contributed by atoms with E-state index in [1.165, 1.54) is 12.3 Å².